The molecule has 2 aromatic rings. The molecule has 3 N–H and O–H groups in total. The summed E-state index contributed by atoms with van der Waals surface area (Å²) >= 11 is 0. The first kappa shape index (κ1) is 12.7. The summed E-state index contributed by atoms with van der Waals surface area (Å²) in [6.45, 7) is 3.30. The molecule has 19 heavy (non-hydrogen) atoms. The van der Waals surface area contributed by atoms with E-state index >= 15 is 0 Å². The lowest BCUT2D eigenvalue weighted by Gasteiger charge is -2.11. The summed E-state index contributed by atoms with van der Waals surface area (Å²) in [5, 5.41) is 10.1. The average molecular weight is 255 g/mol. The molecule has 0 saturated carbocycles. The Morgan fingerprint density at radius 1 is 1.21 bits per heavy atom. The number of hydrogen-bond donors (Lipinski definition) is 2. The lowest BCUT2D eigenvalue weighted by molar-refractivity contribution is -0.128. The van der Waals surface area contributed by atoms with Gasteiger partial charge in [-0.3, -0.25) is 0 Å². The summed E-state index contributed by atoms with van der Waals surface area (Å²) in [5.74, 6) is -0.624. The quantitative estimate of drug-likeness (QED) is 0.291. The fourth-order valence-corrected chi connectivity index (χ4v) is 1.68. The molecule has 4 heteroatoms. The fraction of sp³-hybridized carbons (Fsp3) is 0. The number of nitrogen functional groups attached to an aromatic ring is 1. The van der Waals surface area contributed by atoms with Gasteiger partial charge >= 0.3 is 5.97 Å². The highest BCUT2D eigenvalue weighted by Crippen LogP contribution is 2.39. The third-order valence-electron chi connectivity index (χ3n) is 2.64. The van der Waals surface area contributed by atoms with Gasteiger partial charge in [0.2, 0.25) is 0 Å². The SMILES string of the molecule is C=CC(=O)Oc1ccc(-c2ccccc2)c(O)c1N. The average Bonchev–Trinajstić information content (AvgIpc) is 2.45. The molecule has 0 bridgehead atoms. The zero-order valence-electron chi connectivity index (χ0n) is 10.2. The lowest BCUT2D eigenvalue weighted by atomic mass is 10.0. The lowest BCUT2D eigenvalue weighted by Crippen LogP contribution is -2.05. The van der Waals surface area contributed by atoms with Crippen LogP contribution in [-0.4, -0.2) is 11.1 Å². The van der Waals surface area contributed by atoms with Crippen molar-refractivity contribution in [2.45, 2.75) is 0 Å². The number of benzene rings is 2. The van der Waals surface area contributed by atoms with Crippen LogP contribution in [0.4, 0.5) is 5.69 Å². The third kappa shape index (κ3) is 2.57. The van der Waals surface area contributed by atoms with Crippen LogP contribution in [0.3, 0.4) is 0 Å². The maximum absolute atomic E-state index is 11.1. The second-order valence-electron chi connectivity index (χ2n) is 3.86. The van der Waals surface area contributed by atoms with E-state index in [-0.39, 0.29) is 17.2 Å². The van der Waals surface area contributed by atoms with E-state index in [0.717, 1.165) is 11.6 Å². The van der Waals surface area contributed by atoms with Gasteiger partial charge in [-0.15, -0.1) is 0 Å². The Balaban J connectivity index is 2.43. The van der Waals surface area contributed by atoms with Crippen LogP contribution in [0.15, 0.2) is 55.1 Å². The molecule has 0 aliphatic rings. The van der Waals surface area contributed by atoms with Crippen molar-refractivity contribution in [2.24, 2.45) is 0 Å². The van der Waals surface area contributed by atoms with Crippen LogP contribution >= 0.6 is 0 Å². The number of ether oxygens (including phenoxy) is 1. The molecule has 4 nitrogen and oxygen atoms in total. The van der Waals surface area contributed by atoms with Crippen LogP contribution in [0.1, 0.15) is 0 Å². The Morgan fingerprint density at radius 3 is 2.53 bits per heavy atom. The van der Waals surface area contributed by atoms with E-state index in [9.17, 15) is 9.90 Å². The second-order valence-corrected chi connectivity index (χ2v) is 3.86. The summed E-state index contributed by atoms with van der Waals surface area (Å²) in [6, 6.07) is 12.5. The zero-order valence-corrected chi connectivity index (χ0v) is 10.2. The van der Waals surface area contributed by atoms with Gasteiger partial charge in [0.05, 0.1) is 0 Å². The van der Waals surface area contributed by atoms with Crippen molar-refractivity contribution in [1.82, 2.24) is 0 Å². The molecular formula is C15H13NO3. The van der Waals surface area contributed by atoms with Crippen LogP contribution in [0.5, 0.6) is 11.5 Å². The van der Waals surface area contributed by atoms with E-state index < -0.39 is 5.97 Å². The monoisotopic (exact) mass is 255 g/mol. The molecule has 2 aromatic carbocycles. The van der Waals surface area contributed by atoms with Crippen molar-refractivity contribution in [3.63, 3.8) is 0 Å². The minimum Gasteiger partial charge on any atom is -0.505 e. The van der Waals surface area contributed by atoms with Gasteiger partial charge in [0, 0.05) is 11.6 Å². The van der Waals surface area contributed by atoms with Gasteiger partial charge in [0.15, 0.2) is 5.75 Å². The normalized spacial score (nSPS) is 9.89. The first-order valence-electron chi connectivity index (χ1n) is 5.64. The van der Waals surface area contributed by atoms with Crippen molar-refractivity contribution in [3.8, 4) is 22.6 Å². The number of rotatable bonds is 3. The van der Waals surface area contributed by atoms with Crippen LogP contribution in [0.25, 0.3) is 11.1 Å². The number of nitrogens with two attached hydrogens (primary N) is 1. The van der Waals surface area contributed by atoms with Gasteiger partial charge in [-0.1, -0.05) is 36.9 Å². The maximum atomic E-state index is 11.1. The molecule has 0 aliphatic carbocycles. The van der Waals surface area contributed by atoms with Crippen molar-refractivity contribution >= 4 is 11.7 Å². The number of aromatic hydroxyl groups is 1. The first-order valence-corrected chi connectivity index (χ1v) is 5.64. The molecule has 0 aromatic heterocycles. The summed E-state index contributed by atoms with van der Waals surface area (Å²) in [6.07, 6.45) is 1.03. The molecule has 0 unspecified atom stereocenters. The predicted octanol–water partition coefficient (Wildman–Crippen LogP) is 2.73. The molecule has 0 saturated heterocycles. The molecule has 0 radical (unpaired) electrons. The standard InChI is InChI=1S/C15H13NO3/c1-2-13(17)19-12-9-8-11(15(18)14(12)16)10-6-4-3-5-7-10/h2-9,18H,1,16H2. The minimum absolute atomic E-state index is 0.0246. The number of hydrogen-bond acceptors (Lipinski definition) is 4. The maximum Gasteiger partial charge on any atom is 0.335 e. The Labute approximate surface area is 110 Å². The van der Waals surface area contributed by atoms with E-state index in [1.807, 2.05) is 30.3 Å². The molecule has 0 heterocycles. The van der Waals surface area contributed by atoms with E-state index in [1.54, 1.807) is 12.1 Å². The zero-order chi connectivity index (χ0) is 13.8. The predicted molar refractivity (Wildman–Crippen MR) is 73.8 cm³/mol. The van der Waals surface area contributed by atoms with E-state index in [2.05, 4.69) is 6.58 Å². The number of esters is 1. The van der Waals surface area contributed by atoms with Crippen molar-refractivity contribution in [3.05, 3.63) is 55.1 Å². The molecule has 96 valence electrons. The molecule has 0 fully saturated rings. The van der Waals surface area contributed by atoms with Crippen molar-refractivity contribution in [1.29, 1.82) is 0 Å². The number of phenols is 1. The smallest absolute Gasteiger partial charge is 0.335 e. The first-order chi connectivity index (χ1) is 9.13. The Kier molecular flexibility index (Phi) is 3.52. The summed E-state index contributed by atoms with van der Waals surface area (Å²) in [4.78, 5) is 11.1. The van der Waals surface area contributed by atoms with Crippen LogP contribution in [0, 0.1) is 0 Å². The Bertz CT molecular complexity index is 621. The van der Waals surface area contributed by atoms with Gasteiger partial charge in [-0.25, -0.2) is 4.79 Å². The van der Waals surface area contributed by atoms with Gasteiger partial charge in [0.25, 0.3) is 0 Å². The summed E-state index contributed by atoms with van der Waals surface area (Å²) in [7, 11) is 0. The molecule has 0 amide bonds. The second kappa shape index (κ2) is 5.27. The molecular weight excluding hydrogens is 242 g/mol. The molecule has 0 aliphatic heterocycles. The number of phenolic OH excluding ortho intramolecular Hbond substituents is 1. The molecule has 0 atom stereocenters. The third-order valence-corrected chi connectivity index (χ3v) is 2.64. The van der Waals surface area contributed by atoms with Gasteiger partial charge in [-0.05, 0) is 17.7 Å². The van der Waals surface area contributed by atoms with Crippen LogP contribution in [-0.2, 0) is 4.79 Å². The Morgan fingerprint density at radius 2 is 1.89 bits per heavy atom. The highest BCUT2D eigenvalue weighted by Gasteiger charge is 2.13. The molecule has 0 spiro atoms. The number of carbonyl (C=O) groups is 1. The van der Waals surface area contributed by atoms with Crippen molar-refractivity contribution in [2.75, 3.05) is 5.73 Å². The van der Waals surface area contributed by atoms with Crippen molar-refractivity contribution < 1.29 is 14.6 Å². The van der Waals surface area contributed by atoms with Gasteiger partial charge in [0.1, 0.15) is 11.4 Å². The minimum atomic E-state index is -0.626. The van der Waals surface area contributed by atoms with Crippen LogP contribution in [0.2, 0.25) is 0 Å². The topological polar surface area (TPSA) is 72.5 Å². The van der Waals surface area contributed by atoms with E-state index in [4.69, 9.17) is 10.5 Å². The highest BCUT2D eigenvalue weighted by atomic mass is 16.5. The number of anilines is 1. The van der Waals surface area contributed by atoms with Gasteiger partial charge < -0.3 is 15.6 Å². The Hall–Kier alpha value is -2.75. The summed E-state index contributed by atoms with van der Waals surface area (Å²) in [5.41, 5.74) is 7.19. The highest BCUT2D eigenvalue weighted by molar-refractivity contribution is 5.87. The van der Waals surface area contributed by atoms with Crippen LogP contribution < -0.4 is 10.5 Å². The fourth-order valence-electron chi connectivity index (χ4n) is 1.68. The van der Waals surface area contributed by atoms with E-state index in [1.165, 1.54) is 0 Å². The largest absolute Gasteiger partial charge is 0.505 e. The molecule has 2 rings (SSSR count). The van der Waals surface area contributed by atoms with Gasteiger partial charge in [-0.2, -0.15) is 0 Å². The number of carbonyl (C=O) groups excluding carboxylic acids is 1. The van der Waals surface area contributed by atoms with E-state index in [0.29, 0.717) is 5.56 Å². The summed E-state index contributed by atoms with van der Waals surface area (Å²) < 4.78 is 4.92.